The number of hydrogen-bond donors (Lipinski definition) is 1. The van der Waals surface area contributed by atoms with Crippen LogP contribution < -0.4 is 5.32 Å². The molecule has 0 aliphatic rings. The van der Waals surface area contributed by atoms with Gasteiger partial charge in [-0.2, -0.15) is 0 Å². The van der Waals surface area contributed by atoms with Crippen LogP contribution in [0.15, 0.2) is 30.9 Å². The zero-order chi connectivity index (χ0) is 13.7. The molecule has 8 nitrogen and oxygen atoms in total. The summed E-state index contributed by atoms with van der Waals surface area (Å²) in [4.78, 5) is 31.2. The first-order valence-electron chi connectivity index (χ1n) is 4.78. The molecule has 0 atom stereocenters. The van der Waals surface area contributed by atoms with Crippen molar-refractivity contribution < 1.29 is 14.6 Å². The Bertz CT molecular complexity index is 494. The first kappa shape index (κ1) is 13.3. The minimum Gasteiger partial charge on any atom is -0.349 e. The van der Waals surface area contributed by atoms with Crippen molar-refractivity contribution in [2.24, 2.45) is 0 Å². The van der Waals surface area contributed by atoms with Crippen molar-refractivity contribution in [3.05, 3.63) is 56.6 Å². The van der Waals surface area contributed by atoms with E-state index in [0.717, 1.165) is 18.2 Å². The molecule has 0 saturated heterocycles. The standard InChI is InChI=1S/C10H9N3O5/c1-2-3-11-10(14)7-4-8(12(15)16)6-9(5-7)13(17)18/h2,4-6H,1,3H2,(H,11,14). The Kier molecular flexibility index (Phi) is 4.08. The van der Waals surface area contributed by atoms with Crippen molar-refractivity contribution in [3.63, 3.8) is 0 Å². The monoisotopic (exact) mass is 251 g/mol. The summed E-state index contributed by atoms with van der Waals surface area (Å²) in [5.74, 6) is -0.637. The lowest BCUT2D eigenvalue weighted by Gasteiger charge is -2.02. The van der Waals surface area contributed by atoms with Crippen molar-refractivity contribution >= 4 is 17.3 Å². The molecule has 0 bridgehead atoms. The summed E-state index contributed by atoms with van der Waals surface area (Å²) in [6, 6.07) is 2.75. The van der Waals surface area contributed by atoms with Gasteiger partial charge in [0.15, 0.2) is 0 Å². The van der Waals surface area contributed by atoms with Gasteiger partial charge >= 0.3 is 0 Å². The van der Waals surface area contributed by atoms with Gasteiger partial charge in [0.1, 0.15) is 0 Å². The molecule has 0 unspecified atom stereocenters. The normalized spacial score (nSPS) is 9.56. The molecule has 18 heavy (non-hydrogen) atoms. The molecule has 1 N–H and O–H groups in total. The van der Waals surface area contributed by atoms with Crippen molar-refractivity contribution in [3.8, 4) is 0 Å². The molecule has 8 heteroatoms. The Labute approximate surface area is 101 Å². The molecule has 0 aliphatic carbocycles. The maximum atomic E-state index is 11.5. The quantitative estimate of drug-likeness (QED) is 0.482. The lowest BCUT2D eigenvalue weighted by molar-refractivity contribution is -0.394. The third kappa shape index (κ3) is 3.11. The van der Waals surface area contributed by atoms with Crippen LogP contribution in [0.1, 0.15) is 10.4 Å². The molecule has 0 fully saturated rings. The van der Waals surface area contributed by atoms with Gasteiger partial charge in [-0.15, -0.1) is 6.58 Å². The lowest BCUT2D eigenvalue weighted by atomic mass is 10.1. The molecular weight excluding hydrogens is 242 g/mol. The number of carbonyl (C=O) groups is 1. The summed E-state index contributed by atoms with van der Waals surface area (Å²) < 4.78 is 0. The highest BCUT2D eigenvalue weighted by atomic mass is 16.6. The molecule has 1 aromatic rings. The maximum absolute atomic E-state index is 11.5. The number of nitrogens with zero attached hydrogens (tertiary/aromatic N) is 2. The van der Waals surface area contributed by atoms with Crippen molar-refractivity contribution in [2.75, 3.05) is 6.54 Å². The fourth-order valence-corrected chi connectivity index (χ4v) is 1.20. The number of amides is 1. The van der Waals surface area contributed by atoms with Crippen LogP contribution in [0.5, 0.6) is 0 Å². The van der Waals surface area contributed by atoms with Crippen LogP contribution in [0.25, 0.3) is 0 Å². The van der Waals surface area contributed by atoms with Crippen LogP contribution in [0.3, 0.4) is 0 Å². The Balaban J connectivity index is 3.18. The summed E-state index contributed by atoms with van der Waals surface area (Å²) in [6.07, 6.45) is 1.42. The Hall–Kier alpha value is -2.77. The number of hydrogen-bond acceptors (Lipinski definition) is 5. The third-order valence-corrected chi connectivity index (χ3v) is 1.99. The lowest BCUT2D eigenvalue weighted by Crippen LogP contribution is -2.23. The molecule has 0 aromatic heterocycles. The fourth-order valence-electron chi connectivity index (χ4n) is 1.20. The number of carbonyl (C=O) groups excluding carboxylic acids is 1. The van der Waals surface area contributed by atoms with Gasteiger partial charge in [0.05, 0.1) is 21.5 Å². The van der Waals surface area contributed by atoms with E-state index in [0.29, 0.717) is 0 Å². The molecule has 94 valence electrons. The number of non-ortho nitro benzene ring substituents is 2. The van der Waals surface area contributed by atoms with E-state index in [1.54, 1.807) is 0 Å². The molecular formula is C10H9N3O5. The minimum absolute atomic E-state index is 0.141. The van der Waals surface area contributed by atoms with Crippen LogP contribution in [0, 0.1) is 20.2 Å². The molecule has 1 aromatic carbocycles. The highest BCUT2D eigenvalue weighted by molar-refractivity contribution is 5.95. The second kappa shape index (κ2) is 5.53. The zero-order valence-electron chi connectivity index (χ0n) is 9.16. The van der Waals surface area contributed by atoms with Crippen molar-refractivity contribution in [1.82, 2.24) is 5.32 Å². The summed E-state index contributed by atoms with van der Waals surface area (Å²) in [7, 11) is 0. The molecule has 0 spiro atoms. The Morgan fingerprint density at radius 3 is 2.11 bits per heavy atom. The van der Waals surface area contributed by atoms with E-state index < -0.39 is 27.1 Å². The van der Waals surface area contributed by atoms with Gasteiger partial charge in [0.2, 0.25) is 0 Å². The average molecular weight is 251 g/mol. The van der Waals surface area contributed by atoms with Gasteiger partial charge < -0.3 is 5.32 Å². The third-order valence-electron chi connectivity index (χ3n) is 1.99. The largest absolute Gasteiger partial charge is 0.349 e. The van der Waals surface area contributed by atoms with E-state index in [4.69, 9.17) is 0 Å². The number of nitrogens with one attached hydrogen (secondary N) is 1. The second-order valence-electron chi connectivity index (χ2n) is 3.25. The van der Waals surface area contributed by atoms with E-state index in [-0.39, 0.29) is 12.1 Å². The Morgan fingerprint density at radius 2 is 1.72 bits per heavy atom. The van der Waals surface area contributed by atoms with Crippen LogP contribution >= 0.6 is 0 Å². The summed E-state index contributed by atoms with van der Waals surface area (Å²) >= 11 is 0. The van der Waals surface area contributed by atoms with Crippen molar-refractivity contribution in [1.29, 1.82) is 0 Å². The summed E-state index contributed by atoms with van der Waals surface area (Å²) in [5.41, 5.74) is -1.15. The predicted octanol–water partition coefficient (Wildman–Crippen LogP) is 1.42. The van der Waals surface area contributed by atoms with Gasteiger partial charge in [-0.1, -0.05) is 6.08 Å². The van der Waals surface area contributed by atoms with Gasteiger partial charge in [-0.3, -0.25) is 25.0 Å². The SMILES string of the molecule is C=CCNC(=O)c1cc([N+](=O)[O-])cc([N+](=O)[O-])c1. The zero-order valence-corrected chi connectivity index (χ0v) is 9.16. The fraction of sp³-hybridized carbons (Fsp3) is 0.100. The first-order valence-corrected chi connectivity index (χ1v) is 4.78. The number of nitro benzene ring substituents is 2. The summed E-state index contributed by atoms with van der Waals surface area (Å²) in [6.45, 7) is 3.55. The number of benzene rings is 1. The number of rotatable bonds is 5. The predicted molar refractivity (Wildman–Crippen MR) is 62.3 cm³/mol. The molecule has 0 aliphatic heterocycles. The highest BCUT2D eigenvalue weighted by Gasteiger charge is 2.19. The van der Waals surface area contributed by atoms with E-state index in [2.05, 4.69) is 11.9 Å². The van der Waals surface area contributed by atoms with Crippen LogP contribution in [-0.2, 0) is 0 Å². The number of nitro groups is 2. The molecule has 0 saturated carbocycles. The van der Waals surface area contributed by atoms with Crippen LogP contribution in [0.2, 0.25) is 0 Å². The average Bonchev–Trinajstić information content (AvgIpc) is 2.35. The maximum Gasteiger partial charge on any atom is 0.277 e. The Morgan fingerprint density at radius 1 is 1.22 bits per heavy atom. The van der Waals surface area contributed by atoms with Crippen molar-refractivity contribution in [2.45, 2.75) is 0 Å². The second-order valence-corrected chi connectivity index (χ2v) is 3.25. The highest BCUT2D eigenvalue weighted by Crippen LogP contribution is 2.22. The van der Waals surface area contributed by atoms with Gasteiger partial charge in [-0.05, 0) is 0 Å². The molecule has 1 amide bonds. The minimum atomic E-state index is -0.794. The van der Waals surface area contributed by atoms with Crippen LogP contribution in [-0.4, -0.2) is 22.3 Å². The first-order chi connectivity index (χ1) is 8.45. The van der Waals surface area contributed by atoms with E-state index in [1.807, 2.05) is 0 Å². The van der Waals surface area contributed by atoms with Gasteiger partial charge in [0.25, 0.3) is 17.3 Å². The molecule has 0 radical (unpaired) electrons. The van der Waals surface area contributed by atoms with E-state index in [1.165, 1.54) is 6.08 Å². The van der Waals surface area contributed by atoms with E-state index in [9.17, 15) is 25.0 Å². The van der Waals surface area contributed by atoms with Crippen LogP contribution in [0.4, 0.5) is 11.4 Å². The van der Waals surface area contributed by atoms with Gasteiger partial charge in [0, 0.05) is 18.7 Å². The molecule has 0 heterocycles. The molecule has 1 rings (SSSR count). The van der Waals surface area contributed by atoms with Gasteiger partial charge in [-0.25, -0.2) is 0 Å². The summed E-state index contributed by atoms with van der Waals surface area (Å²) in [5, 5.41) is 23.6. The van der Waals surface area contributed by atoms with E-state index >= 15 is 0 Å². The topological polar surface area (TPSA) is 115 Å². The smallest absolute Gasteiger partial charge is 0.277 e.